The van der Waals surface area contributed by atoms with Gasteiger partial charge >= 0.3 is 0 Å². The Balaban J connectivity index is 2.34. The molecule has 0 aromatic rings. The minimum absolute atomic E-state index is 0.0379. The highest BCUT2D eigenvalue weighted by molar-refractivity contribution is 4.91. The summed E-state index contributed by atoms with van der Waals surface area (Å²) < 4.78 is 5.34. The fraction of sp³-hybridized carbons (Fsp3) is 1.00. The van der Waals surface area contributed by atoms with Crippen LogP contribution in [0.25, 0.3) is 0 Å². The van der Waals surface area contributed by atoms with Crippen molar-refractivity contribution in [1.82, 2.24) is 5.32 Å². The molecule has 0 radical (unpaired) electrons. The standard InChI is InChI=1S/C10H21NO2/c1-4-8(2)11-7-10(12)5-6-13-9(10)3/h8-9,11-12H,4-7H2,1-3H3. The van der Waals surface area contributed by atoms with Crippen LogP contribution in [0.2, 0.25) is 0 Å². The maximum absolute atomic E-state index is 10.1. The Morgan fingerprint density at radius 3 is 2.85 bits per heavy atom. The maximum atomic E-state index is 10.1. The summed E-state index contributed by atoms with van der Waals surface area (Å²) >= 11 is 0. The number of aliphatic hydroxyl groups is 1. The molecule has 1 fully saturated rings. The highest BCUT2D eigenvalue weighted by atomic mass is 16.5. The molecule has 2 N–H and O–H groups in total. The summed E-state index contributed by atoms with van der Waals surface area (Å²) in [6.45, 7) is 7.52. The summed E-state index contributed by atoms with van der Waals surface area (Å²) in [5.41, 5.74) is -0.649. The van der Waals surface area contributed by atoms with Gasteiger partial charge in [-0.15, -0.1) is 0 Å². The molecule has 0 amide bonds. The normalized spacial score (nSPS) is 36.5. The third-order valence-corrected chi connectivity index (χ3v) is 3.03. The van der Waals surface area contributed by atoms with Gasteiger partial charge in [-0.2, -0.15) is 0 Å². The smallest absolute Gasteiger partial charge is 0.105 e. The van der Waals surface area contributed by atoms with E-state index in [0.717, 1.165) is 12.8 Å². The molecule has 0 saturated carbocycles. The van der Waals surface area contributed by atoms with E-state index in [2.05, 4.69) is 19.2 Å². The SMILES string of the molecule is CCC(C)NCC1(O)CCOC1C. The molecule has 3 nitrogen and oxygen atoms in total. The summed E-state index contributed by atoms with van der Waals surface area (Å²) in [5.74, 6) is 0. The number of hydrogen-bond acceptors (Lipinski definition) is 3. The van der Waals surface area contributed by atoms with E-state index in [4.69, 9.17) is 4.74 Å². The Kier molecular flexibility index (Phi) is 3.71. The summed E-state index contributed by atoms with van der Waals surface area (Å²) in [6, 6.07) is 0.469. The first-order valence-corrected chi connectivity index (χ1v) is 5.16. The second kappa shape index (κ2) is 4.40. The predicted octanol–water partition coefficient (Wildman–Crippen LogP) is 0.914. The Bertz CT molecular complexity index is 163. The van der Waals surface area contributed by atoms with Crippen LogP contribution < -0.4 is 5.32 Å². The van der Waals surface area contributed by atoms with Gasteiger partial charge in [-0.25, -0.2) is 0 Å². The number of hydrogen-bond donors (Lipinski definition) is 2. The molecule has 1 saturated heterocycles. The van der Waals surface area contributed by atoms with E-state index in [1.165, 1.54) is 0 Å². The molecular formula is C10H21NO2. The molecule has 0 aromatic carbocycles. The minimum atomic E-state index is -0.649. The lowest BCUT2D eigenvalue weighted by Crippen LogP contribution is -2.47. The first-order chi connectivity index (χ1) is 6.08. The van der Waals surface area contributed by atoms with Crippen molar-refractivity contribution in [2.45, 2.75) is 51.4 Å². The summed E-state index contributed by atoms with van der Waals surface area (Å²) in [7, 11) is 0. The molecular weight excluding hydrogens is 166 g/mol. The first kappa shape index (κ1) is 11.0. The van der Waals surface area contributed by atoms with Gasteiger partial charge in [0.2, 0.25) is 0 Å². The van der Waals surface area contributed by atoms with E-state index in [1.807, 2.05) is 6.92 Å². The van der Waals surface area contributed by atoms with Gasteiger partial charge in [-0.1, -0.05) is 6.92 Å². The fourth-order valence-corrected chi connectivity index (χ4v) is 1.50. The molecule has 13 heavy (non-hydrogen) atoms. The molecule has 78 valence electrons. The minimum Gasteiger partial charge on any atom is -0.386 e. The lowest BCUT2D eigenvalue weighted by molar-refractivity contribution is -0.0274. The van der Waals surface area contributed by atoms with Crippen LogP contribution in [-0.4, -0.2) is 36.0 Å². The third kappa shape index (κ3) is 2.66. The number of nitrogens with one attached hydrogen (secondary N) is 1. The molecule has 3 unspecified atom stereocenters. The zero-order valence-electron chi connectivity index (χ0n) is 8.84. The summed E-state index contributed by atoms with van der Waals surface area (Å²) in [5, 5.41) is 13.4. The van der Waals surface area contributed by atoms with Gasteiger partial charge in [0.1, 0.15) is 5.60 Å². The lowest BCUT2D eigenvalue weighted by atomic mass is 9.96. The molecule has 0 bridgehead atoms. The van der Waals surface area contributed by atoms with Crippen molar-refractivity contribution in [3.63, 3.8) is 0 Å². The monoisotopic (exact) mass is 187 g/mol. The Hall–Kier alpha value is -0.120. The number of rotatable bonds is 4. The highest BCUT2D eigenvalue weighted by Crippen LogP contribution is 2.24. The second-order valence-corrected chi connectivity index (χ2v) is 4.06. The average Bonchev–Trinajstić information content (AvgIpc) is 2.44. The van der Waals surface area contributed by atoms with Gasteiger partial charge in [0, 0.05) is 25.6 Å². The van der Waals surface area contributed by atoms with Crippen molar-refractivity contribution in [1.29, 1.82) is 0 Å². The van der Waals surface area contributed by atoms with Crippen LogP contribution in [-0.2, 0) is 4.74 Å². The van der Waals surface area contributed by atoms with Crippen LogP contribution >= 0.6 is 0 Å². The van der Waals surface area contributed by atoms with Crippen LogP contribution in [0, 0.1) is 0 Å². The van der Waals surface area contributed by atoms with Crippen molar-refractivity contribution < 1.29 is 9.84 Å². The Morgan fingerprint density at radius 1 is 1.69 bits per heavy atom. The predicted molar refractivity (Wildman–Crippen MR) is 52.7 cm³/mol. The number of ether oxygens (including phenoxy) is 1. The van der Waals surface area contributed by atoms with Gasteiger partial charge in [0.25, 0.3) is 0 Å². The van der Waals surface area contributed by atoms with Crippen molar-refractivity contribution in [3.8, 4) is 0 Å². The van der Waals surface area contributed by atoms with Crippen molar-refractivity contribution in [2.24, 2.45) is 0 Å². The summed E-state index contributed by atoms with van der Waals surface area (Å²) in [4.78, 5) is 0. The van der Waals surface area contributed by atoms with Crippen molar-refractivity contribution in [2.75, 3.05) is 13.2 Å². The van der Waals surface area contributed by atoms with Crippen LogP contribution in [0.1, 0.15) is 33.6 Å². The van der Waals surface area contributed by atoms with Crippen LogP contribution in [0.5, 0.6) is 0 Å². The van der Waals surface area contributed by atoms with Gasteiger partial charge in [-0.05, 0) is 20.3 Å². The second-order valence-electron chi connectivity index (χ2n) is 4.06. The highest BCUT2D eigenvalue weighted by Gasteiger charge is 2.39. The largest absolute Gasteiger partial charge is 0.386 e. The zero-order valence-corrected chi connectivity index (χ0v) is 8.84. The van der Waals surface area contributed by atoms with Gasteiger partial charge < -0.3 is 15.2 Å². The molecule has 3 heteroatoms. The van der Waals surface area contributed by atoms with E-state index in [-0.39, 0.29) is 6.10 Å². The average molecular weight is 187 g/mol. The molecule has 0 aromatic heterocycles. The van der Waals surface area contributed by atoms with Crippen molar-refractivity contribution >= 4 is 0 Å². The van der Waals surface area contributed by atoms with Crippen LogP contribution in [0.3, 0.4) is 0 Å². The van der Waals surface area contributed by atoms with Crippen LogP contribution in [0.15, 0.2) is 0 Å². The van der Waals surface area contributed by atoms with Crippen molar-refractivity contribution in [3.05, 3.63) is 0 Å². The van der Waals surface area contributed by atoms with E-state index < -0.39 is 5.60 Å². The van der Waals surface area contributed by atoms with Gasteiger partial charge in [0.15, 0.2) is 0 Å². The first-order valence-electron chi connectivity index (χ1n) is 5.16. The van der Waals surface area contributed by atoms with E-state index >= 15 is 0 Å². The summed E-state index contributed by atoms with van der Waals surface area (Å²) in [6.07, 6.45) is 1.80. The van der Waals surface area contributed by atoms with Gasteiger partial charge in [0.05, 0.1) is 6.10 Å². The molecule has 0 aliphatic carbocycles. The van der Waals surface area contributed by atoms with Crippen LogP contribution in [0.4, 0.5) is 0 Å². The molecule has 3 atom stereocenters. The lowest BCUT2D eigenvalue weighted by Gasteiger charge is -2.27. The quantitative estimate of drug-likeness (QED) is 0.687. The maximum Gasteiger partial charge on any atom is 0.105 e. The Labute approximate surface area is 80.5 Å². The van der Waals surface area contributed by atoms with E-state index in [1.54, 1.807) is 0 Å². The van der Waals surface area contributed by atoms with E-state index in [9.17, 15) is 5.11 Å². The molecule has 1 aliphatic rings. The fourth-order valence-electron chi connectivity index (χ4n) is 1.50. The third-order valence-electron chi connectivity index (χ3n) is 3.03. The molecule has 1 rings (SSSR count). The van der Waals surface area contributed by atoms with Gasteiger partial charge in [-0.3, -0.25) is 0 Å². The molecule has 1 aliphatic heterocycles. The topological polar surface area (TPSA) is 41.5 Å². The Morgan fingerprint density at radius 2 is 2.38 bits per heavy atom. The molecule has 1 heterocycles. The molecule has 0 spiro atoms. The van der Waals surface area contributed by atoms with E-state index in [0.29, 0.717) is 19.2 Å². The zero-order chi connectivity index (χ0) is 9.90.